The summed E-state index contributed by atoms with van der Waals surface area (Å²) in [4.78, 5) is 31.6. The third-order valence-electron chi connectivity index (χ3n) is 6.13. The Morgan fingerprint density at radius 2 is 2.08 bits per heavy atom. The summed E-state index contributed by atoms with van der Waals surface area (Å²) in [5.74, 6) is 0.141. The number of benzene rings is 1. The Labute approximate surface area is 153 Å². The zero-order valence-electron chi connectivity index (χ0n) is 15.3. The van der Waals surface area contributed by atoms with Crippen molar-refractivity contribution in [2.75, 3.05) is 26.2 Å². The van der Waals surface area contributed by atoms with Crippen molar-refractivity contribution in [3.05, 3.63) is 40.4 Å². The summed E-state index contributed by atoms with van der Waals surface area (Å²) in [6.45, 7) is 6.20. The molecule has 0 bridgehead atoms. The SMILES string of the molecule is Cc1cccc2c(=O)n(CCC(=O)N3CCC4(CCNC4)CC3)cnc12. The molecule has 1 aromatic carbocycles. The predicted octanol–water partition coefficient (Wildman–Crippen LogP) is 1.70. The highest BCUT2D eigenvalue weighted by atomic mass is 16.2. The normalized spacial score (nSPS) is 19.3. The summed E-state index contributed by atoms with van der Waals surface area (Å²) in [5, 5.41) is 4.07. The van der Waals surface area contributed by atoms with Gasteiger partial charge in [-0.25, -0.2) is 4.98 Å². The van der Waals surface area contributed by atoms with Crippen molar-refractivity contribution in [2.24, 2.45) is 5.41 Å². The molecule has 1 N–H and O–H groups in total. The van der Waals surface area contributed by atoms with Gasteiger partial charge in [0.05, 0.1) is 17.2 Å². The largest absolute Gasteiger partial charge is 0.343 e. The molecular weight excluding hydrogens is 328 g/mol. The van der Waals surface area contributed by atoms with E-state index in [-0.39, 0.29) is 11.5 Å². The number of fused-ring (bicyclic) bond motifs is 1. The van der Waals surface area contributed by atoms with Crippen molar-refractivity contribution in [2.45, 2.75) is 39.2 Å². The first-order valence-electron chi connectivity index (χ1n) is 9.51. The van der Waals surface area contributed by atoms with Crippen molar-refractivity contribution < 1.29 is 4.79 Å². The number of hydrogen-bond acceptors (Lipinski definition) is 4. The van der Waals surface area contributed by atoms with Crippen LogP contribution in [-0.4, -0.2) is 46.5 Å². The van der Waals surface area contributed by atoms with E-state index in [9.17, 15) is 9.59 Å². The zero-order valence-corrected chi connectivity index (χ0v) is 15.3. The van der Waals surface area contributed by atoms with Crippen LogP contribution in [0.5, 0.6) is 0 Å². The zero-order chi connectivity index (χ0) is 18.1. The Hall–Kier alpha value is -2.21. The van der Waals surface area contributed by atoms with E-state index in [0.717, 1.165) is 50.1 Å². The monoisotopic (exact) mass is 354 g/mol. The van der Waals surface area contributed by atoms with Crippen LogP contribution in [0.4, 0.5) is 0 Å². The molecule has 3 heterocycles. The molecule has 2 fully saturated rings. The molecule has 0 radical (unpaired) electrons. The molecule has 2 aromatic rings. The van der Waals surface area contributed by atoms with Gasteiger partial charge < -0.3 is 10.2 Å². The molecule has 2 aliphatic rings. The molecule has 2 aliphatic heterocycles. The maximum atomic E-state index is 12.6. The van der Waals surface area contributed by atoms with E-state index in [2.05, 4.69) is 10.3 Å². The fourth-order valence-corrected chi connectivity index (χ4v) is 4.32. The molecule has 6 heteroatoms. The number of carbonyl (C=O) groups excluding carboxylic acids is 1. The van der Waals surface area contributed by atoms with Crippen molar-refractivity contribution in [1.82, 2.24) is 19.8 Å². The standard InChI is InChI=1S/C20H26N4O2/c1-15-3-2-4-16-18(15)22-14-24(19(16)26)10-5-17(25)23-11-7-20(8-12-23)6-9-21-13-20/h2-4,14,21H,5-13H2,1H3. The number of nitrogens with one attached hydrogen (secondary N) is 1. The molecule has 0 saturated carbocycles. The highest BCUT2D eigenvalue weighted by molar-refractivity contribution is 5.80. The molecule has 6 nitrogen and oxygen atoms in total. The van der Waals surface area contributed by atoms with Crippen LogP contribution >= 0.6 is 0 Å². The average Bonchev–Trinajstić information content (AvgIpc) is 3.10. The van der Waals surface area contributed by atoms with Crippen LogP contribution in [0.25, 0.3) is 10.9 Å². The van der Waals surface area contributed by atoms with Crippen LogP contribution in [0.2, 0.25) is 0 Å². The summed E-state index contributed by atoms with van der Waals surface area (Å²) in [6.07, 6.45) is 5.32. The third kappa shape index (κ3) is 3.14. The Morgan fingerprint density at radius 3 is 2.81 bits per heavy atom. The van der Waals surface area contributed by atoms with E-state index in [1.165, 1.54) is 6.42 Å². The number of aromatic nitrogens is 2. The van der Waals surface area contributed by atoms with Crippen LogP contribution < -0.4 is 10.9 Å². The minimum absolute atomic E-state index is 0.0684. The molecule has 2 saturated heterocycles. The van der Waals surface area contributed by atoms with E-state index in [1.807, 2.05) is 24.0 Å². The van der Waals surface area contributed by atoms with Crippen LogP contribution in [-0.2, 0) is 11.3 Å². The smallest absolute Gasteiger partial charge is 0.261 e. The van der Waals surface area contributed by atoms with E-state index in [1.54, 1.807) is 17.0 Å². The fourth-order valence-electron chi connectivity index (χ4n) is 4.32. The van der Waals surface area contributed by atoms with Gasteiger partial charge in [0.25, 0.3) is 5.56 Å². The van der Waals surface area contributed by atoms with E-state index >= 15 is 0 Å². The fraction of sp³-hybridized carbons (Fsp3) is 0.550. The number of aryl methyl sites for hydroxylation is 2. The Balaban J connectivity index is 1.40. The molecule has 0 unspecified atom stereocenters. The number of amides is 1. The molecular formula is C20H26N4O2. The summed E-state index contributed by atoms with van der Waals surface area (Å²) < 4.78 is 1.56. The first-order valence-corrected chi connectivity index (χ1v) is 9.51. The molecule has 0 aliphatic carbocycles. The summed E-state index contributed by atoms with van der Waals surface area (Å²) in [7, 11) is 0. The van der Waals surface area contributed by atoms with Gasteiger partial charge in [-0.2, -0.15) is 0 Å². The second kappa shape index (κ2) is 6.83. The molecule has 138 valence electrons. The van der Waals surface area contributed by atoms with Gasteiger partial charge in [0.2, 0.25) is 5.91 Å². The quantitative estimate of drug-likeness (QED) is 0.911. The van der Waals surface area contributed by atoms with Gasteiger partial charge in [0.15, 0.2) is 0 Å². The van der Waals surface area contributed by atoms with E-state index < -0.39 is 0 Å². The van der Waals surface area contributed by atoms with Crippen LogP contribution in [0.3, 0.4) is 0 Å². The highest BCUT2D eigenvalue weighted by Gasteiger charge is 2.37. The minimum atomic E-state index is -0.0684. The van der Waals surface area contributed by atoms with E-state index in [4.69, 9.17) is 0 Å². The van der Waals surface area contributed by atoms with Crippen molar-refractivity contribution >= 4 is 16.8 Å². The lowest BCUT2D eigenvalue weighted by molar-refractivity contribution is -0.133. The maximum Gasteiger partial charge on any atom is 0.261 e. The number of piperidine rings is 1. The first-order chi connectivity index (χ1) is 12.6. The van der Waals surface area contributed by atoms with Gasteiger partial charge in [0, 0.05) is 32.6 Å². The second-order valence-corrected chi connectivity index (χ2v) is 7.77. The minimum Gasteiger partial charge on any atom is -0.343 e. The van der Waals surface area contributed by atoms with Crippen molar-refractivity contribution in [1.29, 1.82) is 0 Å². The van der Waals surface area contributed by atoms with Gasteiger partial charge in [-0.15, -0.1) is 0 Å². The summed E-state index contributed by atoms with van der Waals surface area (Å²) in [6, 6.07) is 5.62. The van der Waals surface area contributed by atoms with Gasteiger partial charge in [-0.3, -0.25) is 14.2 Å². The Kier molecular flexibility index (Phi) is 4.53. The lowest BCUT2D eigenvalue weighted by Crippen LogP contribution is -2.44. The second-order valence-electron chi connectivity index (χ2n) is 7.77. The summed E-state index contributed by atoms with van der Waals surface area (Å²) >= 11 is 0. The highest BCUT2D eigenvalue weighted by Crippen LogP contribution is 2.36. The van der Waals surface area contributed by atoms with Gasteiger partial charge in [0.1, 0.15) is 0 Å². The Morgan fingerprint density at radius 1 is 1.27 bits per heavy atom. The first kappa shape index (κ1) is 17.2. The van der Waals surface area contributed by atoms with Crippen LogP contribution in [0, 0.1) is 12.3 Å². The van der Waals surface area contributed by atoms with E-state index in [0.29, 0.717) is 23.8 Å². The van der Waals surface area contributed by atoms with Crippen LogP contribution in [0.15, 0.2) is 29.3 Å². The lowest BCUT2D eigenvalue weighted by Gasteiger charge is -2.39. The molecule has 4 rings (SSSR count). The molecule has 26 heavy (non-hydrogen) atoms. The topological polar surface area (TPSA) is 67.2 Å². The molecule has 0 atom stereocenters. The number of rotatable bonds is 3. The van der Waals surface area contributed by atoms with Crippen LogP contribution in [0.1, 0.15) is 31.2 Å². The number of carbonyl (C=O) groups is 1. The number of nitrogens with zero attached hydrogens (tertiary/aromatic N) is 3. The molecule has 1 aromatic heterocycles. The molecule has 1 spiro atoms. The van der Waals surface area contributed by atoms with Crippen molar-refractivity contribution in [3.8, 4) is 0 Å². The number of hydrogen-bond donors (Lipinski definition) is 1. The average molecular weight is 354 g/mol. The van der Waals surface area contributed by atoms with Gasteiger partial charge in [-0.1, -0.05) is 12.1 Å². The number of likely N-dealkylation sites (tertiary alicyclic amines) is 1. The lowest BCUT2D eigenvalue weighted by atomic mass is 9.78. The van der Waals surface area contributed by atoms with Gasteiger partial charge in [-0.05, 0) is 49.8 Å². The van der Waals surface area contributed by atoms with Gasteiger partial charge >= 0.3 is 0 Å². The maximum absolute atomic E-state index is 12.6. The van der Waals surface area contributed by atoms with Crippen molar-refractivity contribution in [3.63, 3.8) is 0 Å². The third-order valence-corrected chi connectivity index (χ3v) is 6.13. The summed E-state index contributed by atoms with van der Waals surface area (Å²) in [5.41, 5.74) is 2.08. The molecule has 1 amide bonds. The number of para-hydroxylation sites is 1. The Bertz CT molecular complexity index is 873. The predicted molar refractivity (Wildman–Crippen MR) is 101 cm³/mol.